The summed E-state index contributed by atoms with van der Waals surface area (Å²) in [4.78, 5) is 6.38. The molecule has 0 aliphatic rings. The van der Waals surface area contributed by atoms with Gasteiger partial charge in [-0.2, -0.15) is 5.10 Å². The Hall–Kier alpha value is -0.980. The molecule has 1 heterocycles. The Balaban J connectivity index is 2.46. The zero-order valence-electron chi connectivity index (χ0n) is 9.39. The molecule has 0 aromatic carbocycles. The van der Waals surface area contributed by atoms with Crippen LogP contribution in [-0.2, 0) is 18.3 Å². The molecule has 0 aliphatic carbocycles. The maximum absolute atomic E-state index is 5.54. The highest BCUT2D eigenvalue weighted by Crippen LogP contribution is 1.98. The van der Waals surface area contributed by atoms with E-state index < -0.39 is 0 Å². The molecule has 0 atom stereocenters. The molecule has 2 N–H and O–H groups in total. The Morgan fingerprint density at radius 3 is 2.87 bits per heavy atom. The average Bonchev–Trinajstić information content (AvgIpc) is 2.61. The zero-order valence-corrected chi connectivity index (χ0v) is 9.39. The summed E-state index contributed by atoms with van der Waals surface area (Å²) >= 11 is 0. The van der Waals surface area contributed by atoms with Gasteiger partial charge in [0.15, 0.2) is 0 Å². The third kappa shape index (κ3) is 3.94. The Bertz CT molecular complexity index is 275. The molecule has 0 unspecified atom stereocenters. The van der Waals surface area contributed by atoms with E-state index in [0.717, 1.165) is 25.5 Å². The van der Waals surface area contributed by atoms with Crippen LogP contribution in [0.3, 0.4) is 0 Å². The van der Waals surface area contributed by atoms with Gasteiger partial charge in [0.1, 0.15) is 12.2 Å². The first-order valence-electron chi connectivity index (χ1n) is 5.02. The third-order valence-corrected chi connectivity index (χ3v) is 2.23. The fourth-order valence-electron chi connectivity index (χ4n) is 1.34. The molecule has 0 fully saturated rings. The molecule has 0 bridgehead atoms. The molecule has 0 aliphatic heterocycles. The highest BCUT2D eigenvalue weighted by atomic mass is 16.5. The van der Waals surface area contributed by atoms with Crippen LogP contribution in [0.5, 0.6) is 0 Å². The van der Waals surface area contributed by atoms with Crippen LogP contribution in [0.15, 0.2) is 6.33 Å². The molecule has 0 radical (unpaired) electrons. The maximum atomic E-state index is 5.54. The van der Waals surface area contributed by atoms with Crippen molar-refractivity contribution >= 4 is 0 Å². The van der Waals surface area contributed by atoms with Gasteiger partial charge in [-0.1, -0.05) is 0 Å². The van der Waals surface area contributed by atoms with Crippen molar-refractivity contribution in [1.82, 2.24) is 19.7 Å². The standard InChI is InChI=1S/C9H19N5O/c1-13-9(11-8-12-13)7-14(4-3-10)5-6-15-2/h8H,3-7,10H2,1-2H3. The lowest BCUT2D eigenvalue weighted by atomic mass is 10.4. The monoisotopic (exact) mass is 213 g/mol. The number of nitrogens with zero attached hydrogens (tertiary/aromatic N) is 4. The summed E-state index contributed by atoms with van der Waals surface area (Å²) in [5, 5.41) is 4.03. The van der Waals surface area contributed by atoms with Crippen LogP contribution in [0, 0.1) is 0 Å². The number of rotatable bonds is 7. The van der Waals surface area contributed by atoms with Crippen LogP contribution in [0.25, 0.3) is 0 Å². The maximum Gasteiger partial charge on any atom is 0.140 e. The van der Waals surface area contributed by atoms with Gasteiger partial charge in [-0.25, -0.2) is 4.98 Å². The molecular weight excluding hydrogens is 194 g/mol. The highest BCUT2D eigenvalue weighted by Gasteiger charge is 2.08. The van der Waals surface area contributed by atoms with Gasteiger partial charge in [0.2, 0.25) is 0 Å². The number of aromatic nitrogens is 3. The van der Waals surface area contributed by atoms with E-state index in [0.29, 0.717) is 13.2 Å². The minimum Gasteiger partial charge on any atom is -0.383 e. The first-order valence-corrected chi connectivity index (χ1v) is 5.02. The van der Waals surface area contributed by atoms with E-state index >= 15 is 0 Å². The Labute approximate surface area is 90.0 Å². The topological polar surface area (TPSA) is 69.2 Å². The number of methoxy groups -OCH3 is 1. The molecule has 6 heteroatoms. The van der Waals surface area contributed by atoms with Crippen LogP contribution < -0.4 is 5.73 Å². The van der Waals surface area contributed by atoms with E-state index in [2.05, 4.69) is 15.0 Å². The fourth-order valence-corrected chi connectivity index (χ4v) is 1.34. The van der Waals surface area contributed by atoms with E-state index in [4.69, 9.17) is 10.5 Å². The van der Waals surface area contributed by atoms with Gasteiger partial charge < -0.3 is 10.5 Å². The Morgan fingerprint density at radius 1 is 1.53 bits per heavy atom. The predicted molar refractivity (Wildman–Crippen MR) is 57.2 cm³/mol. The van der Waals surface area contributed by atoms with E-state index in [1.54, 1.807) is 18.1 Å². The van der Waals surface area contributed by atoms with Crippen molar-refractivity contribution in [2.24, 2.45) is 12.8 Å². The van der Waals surface area contributed by atoms with E-state index in [1.807, 2.05) is 7.05 Å². The smallest absolute Gasteiger partial charge is 0.140 e. The second-order valence-electron chi connectivity index (χ2n) is 3.36. The number of ether oxygens (including phenoxy) is 1. The van der Waals surface area contributed by atoms with Crippen molar-refractivity contribution in [3.05, 3.63) is 12.2 Å². The SMILES string of the molecule is COCCN(CCN)Cc1ncnn1C. The highest BCUT2D eigenvalue weighted by molar-refractivity contribution is 4.83. The molecular formula is C9H19N5O. The van der Waals surface area contributed by atoms with Crippen LogP contribution in [0.2, 0.25) is 0 Å². The third-order valence-electron chi connectivity index (χ3n) is 2.23. The van der Waals surface area contributed by atoms with Crippen molar-refractivity contribution in [2.45, 2.75) is 6.54 Å². The van der Waals surface area contributed by atoms with E-state index in [1.165, 1.54) is 0 Å². The van der Waals surface area contributed by atoms with Gasteiger partial charge in [-0.15, -0.1) is 0 Å². The number of nitrogens with two attached hydrogens (primary N) is 1. The Kier molecular flexibility index (Phi) is 5.23. The number of hydrogen-bond donors (Lipinski definition) is 1. The first-order chi connectivity index (χ1) is 7.27. The van der Waals surface area contributed by atoms with Gasteiger partial charge in [0, 0.05) is 33.8 Å². The Morgan fingerprint density at radius 2 is 2.33 bits per heavy atom. The van der Waals surface area contributed by atoms with Crippen molar-refractivity contribution < 1.29 is 4.74 Å². The minimum absolute atomic E-state index is 0.640. The van der Waals surface area contributed by atoms with Crippen molar-refractivity contribution in [3.63, 3.8) is 0 Å². The molecule has 1 aromatic heterocycles. The summed E-state index contributed by atoms with van der Waals surface area (Å²) in [5.41, 5.74) is 5.54. The van der Waals surface area contributed by atoms with Gasteiger partial charge in [-0.05, 0) is 0 Å². The quantitative estimate of drug-likeness (QED) is 0.643. The average molecular weight is 213 g/mol. The summed E-state index contributed by atoms with van der Waals surface area (Å²) < 4.78 is 6.82. The summed E-state index contributed by atoms with van der Waals surface area (Å²) in [6.07, 6.45) is 1.56. The van der Waals surface area contributed by atoms with Crippen molar-refractivity contribution in [3.8, 4) is 0 Å². The van der Waals surface area contributed by atoms with Gasteiger partial charge in [-0.3, -0.25) is 9.58 Å². The summed E-state index contributed by atoms with van der Waals surface area (Å²) in [5.74, 6) is 0.944. The molecule has 0 saturated heterocycles. The summed E-state index contributed by atoms with van der Waals surface area (Å²) in [7, 11) is 3.59. The van der Waals surface area contributed by atoms with Gasteiger partial charge in [0.05, 0.1) is 13.2 Å². The van der Waals surface area contributed by atoms with Crippen molar-refractivity contribution in [2.75, 3.05) is 33.4 Å². The van der Waals surface area contributed by atoms with Crippen LogP contribution in [0.1, 0.15) is 5.82 Å². The van der Waals surface area contributed by atoms with Gasteiger partial charge >= 0.3 is 0 Å². The van der Waals surface area contributed by atoms with Crippen LogP contribution in [0.4, 0.5) is 0 Å². The lowest BCUT2D eigenvalue weighted by Crippen LogP contribution is -2.32. The molecule has 0 amide bonds. The van der Waals surface area contributed by atoms with Gasteiger partial charge in [0.25, 0.3) is 0 Å². The molecule has 1 aromatic rings. The number of aryl methyl sites for hydroxylation is 1. The van der Waals surface area contributed by atoms with E-state index in [-0.39, 0.29) is 0 Å². The lowest BCUT2D eigenvalue weighted by molar-refractivity contribution is 0.143. The zero-order chi connectivity index (χ0) is 11.1. The molecule has 1 rings (SSSR count). The summed E-state index contributed by atoms with van der Waals surface area (Å²) in [6, 6.07) is 0. The molecule has 0 spiro atoms. The van der Waals surface area contributed by atoms with Crippen molar-refractivity contribution in [1.29, 1.82) is 0 Å². The first kappa shape index (κ1) is 12.1. The minimum atomic E-state index is 0.640. The molecule has 0 saturated carbocycles. The lowest BCUT2D eigenvalue weighted by Gasteiger charge is -2.20. The van der Waals surface area contributed by atoms with Crippen LogP contribution in [-0.4, -0.2) is 53.0 Å². The van der Waals surface area contributed by atoms with E-state index in [9.17, 15) is 0 Å². The predicted octanol–water partition coefficient (Wildman–Crippen LogP) is -0.778. The molecule has 6 nitrogen and oxygen atoms in total. The largest absolute Gasteiger partial charge is 0.383 e. The molecule has 86 valence electrons. The fraction of sp³-hybridized carbons (Fsp3) is 0.778. The summed E-state index contributed by atoms with van der Waals surface area (Å²) in [6.45, 7) is 3.81. The second-order valence-corrected chi connectivity index (χ2v) is 3.36. The molecule has 15 heavy (non-hydrogen) atoms. The second kappa shape index (κ2) is 6.49. The normalized spacial score (nSPS) is 11.2. The number of hydrogen-bond acceptors (Lipinski definition) is 5. The van der Waals surface area contributed by atoms with Crippen LogP contribution >= 0.6 is 0 Å².